The molecule has 2 rings (SSSR count). The first-order valence-electron chi connectivity index (χ1n) is 8.82. The van der Waals surface area contributed by atoms with E-state index in [1.165, 1.54) is 25.1 Å². The number of nitrogens with one attached hydrogen (secondary N) is 1. The number of esters is 1. The Morgan fingerprint density at radius 1 is 1.23 bits per heavy atom. The number of carboxylic acid groups (broad SMARTS) is 1. The van der Waals surface area contributed by atoms with Crippen LogP contribution in [-0.2, 0) is 24.8 Å². The van der Waals surface area contributed by atoms with Gasteiger partial charge >= 0.3 is 18.1 Å². The third-order valence-corrected chi connectivity index (χ3v) is 6.93. The second kappa shape index (κ2) is 9.47. The molecule has 0 saturated carbocycles. The van der Waals surface area contributed by atoms with Crippen molar-refractivity contribution in [3.05, 3.63) is 34.7 Å². The molecule has 1 aromatic heterocycles. The van der Waals surface area contributed by atoms with E-state index in [1.54, 1.807) is 19.9 Å². The van der Waals surface area contributed by atoms with E-state index in [4.69, 9.17) is 14.4 Å². The Hall–Kier alpha value is -1.94. The van der Waals surface area contributed by atoms with Crippen molar-refractivity contribution in [3.63, 3.8) is 0 Å². The van der Waals surface area contributed by atoms with Crippen LogP contribution in [0.5, 0.6) is 0 Å². The van der Waals surface area contributed by atoms with Crippen LogP contribution in [0.25, 0.3) is 10.1 Å². The van der Waals surface area contributed by atoms with Crippen molar-refractivity contribution in [2.24, 2.45) is 0 Å². The van der Waals surface area contributed by atoms with Crippen molar-refractivity contribution in [1.29, 1.82) is 0 Å². The smallest absolute Gasteiger partial charge is 0.412 e. The van der Waals surface area contributed by atoms with Gasteiger partial charge in [0.15, 0.2) is 6.61 Å². The van der Waals surface area contributed by atoms with Gasteiger partial charge in [0.25, 0.3) is 7.52 Å². The number of halogens is 3. The fourth-order valence-electron chi connectivity index (χ4n) is 2.53. The largest absolute Gasteiger partial charge is 0.477 e. The maximum absolute atomic E-state index is 13.1. The number of carboxylic acids is 1. The quantitative estimate of drug-likeness (QED) is 0.403. The van der Waals surface area contributed by atoms with Crippen LogP contribution in [0.3, 0.4) is 0 Å². The summed E-state index contributed by atoms with van der Waals surface area (Å²) >= 11 is 1.04. The normalized spacial score (nSPS) is 15.2. The summed E-state index contributed by atoms with van der Waals surface area (Å²) in [6.45, 7) is 2.76. The van der Waals surface area contributed by atoms with E-state index < -0.39 is 50.5 Å². The molecule has 0 bridgehead atoms. The van der Waals surface area contributed by atoms with E-state index in [0.717, 1.165) is 11.3 Å². The molecular formula is C18H21F3NO6PS. The van der Waals surface area contributed by atoms with Gasteiger partial charge in [-0.15, -0.1) is 11.3 Å². The highest BCUT2D eigenvalue weighted by molar-refractivity contribution is 7.56. The number of carbonyl (C=O) groups is 2. The molecule has 12 heteroatoms. The molecule has 0 aliphatic carbocycles. The van der Waals surface area contributed by atoms with Gasteiger partial charge in [0.05, 0.1) is 12.3 Å². The van der Waals surface area contributed by atoms with Gasteiger partial charge in [-0.1, -0.05) is 6.07 Å². The molecule has 2 aromatic rings. The fourth-order valence-corrected chi connectivity index (χ4v) is 5.39. The summed E-state index contributed by atoms with van der Waals surface area (Å²) in [6.07, 6.45) is -5.61. The standard InChI is InChI=1S/C18H21F3NO6PS/c1-10(2)28-17(25)11(3)22-29(26,27-9-18(19,20)21)8-12-4-5-14-13(6-12)7-15(30-14)16(23)24/h4-7,10-11H,8-9H2,1-3H3,(H,22,26)(H,23,24)/t11-,29?/m0/s1. The highest BCUT2D eigenvalue weighted by atomic mass is 32.1. The summed E-state index contributed by atoms with van der Waals surface area (Å²) in [5.74, 6) is -1.88. The van der Waals surface area contributed by atoms with E-state index in [1.807, 2.05) is 0 Å². The zero-order valence-corrected chi connectivity index (χ0v) is 18.1. The number of hydrogen-bond donors (Lipinski definition) is 2. The first-order chi connectivity index (χ1) is 13.8. The molecule has 2 N–H and O–H groups in total. The van der Waals surface area contributed by atoms with Gasteiger partial charge in [-0.05, 0) is 49.9 Å². The highest BCUT2D eigenvalue weighted by Crippen LogP contribution is 2.48. The zero-order valence-electron chi connectivity index (χ0n) is 16.4. The fraction of sp³-hybridized carbons (Fsp3) is 0.444. The molecule has 1 aromatic carbocycles. The lowest BCUT2D eigenvalue weighted by molar-refractivity contribution is -0.153. The number of alkyl halides is 3. The zero-order chi connectivity index (χ0) is 22.7. The van der Waals surface area contributed by atoms with Crippen molar-refractivity contribution < 1.29 is 41.7 Å². The second-order valence-electron chi connectivity index (χ2n) is 6.84. The molecule has 7 nitrogen and oxygen atoms in total. The summed E-state index contributed by atoms with van der Waals surface area (Å²) in [5, 5.41) is 12.0. The van der Waals surface area contributed by atoms with Gasteiger partial charge in [-0.25, -0.2) is 9.88 Å². The first kappa shape index (κ1) is 24.3. The number of aromatic carboxylic acids is 1. The Bertz CT molecular complexity index is 974. The molecule has 166 valence electrons. The molecule has 0 aliphatic rings. The summed E-state index contributed by atoms with van der Waals surface area (Å²) in [5.41, 5.74) is 0.361. The number of carbonyl (C=O) groups excluding carboxylic acids is 1. The molecule has 0 fully saturated rings. The lowest BCUT2D eigenvalue weighted by atomic mass is 10.2. The Balaban J connectivity index is 2.27. The monoisotopic (exact) mass is 467 g/mol. The first-order valence-corrected chi connectivity index (χ1v) is 11.4. The van der Waals surface area contributed by atoms with Gasteiger partial charge in [0.2, 0.25) is 0 Å². The average molecular weight is 467 g/mol. The van der Waals surface area contributed by atoms with Crippen molar-refractivity contribution in [3.8, 4) is 0 Å². The molecule has 2 atom stereocenters. The Morgan fingerprint density at radius 3 is 2.47 bits per heavy atom. The summed E-state index contributed by atoms with van der Waals surface area (Å²) in [6, 6.07) is 4.89. The Kier molecular flexibility index (Phi) is 7.68. The Morgan fingerprint density at radius 2 is 1.90 bits per heavy atom. The van der Waals surface area contributed by atoms with Crippen LogP contribution in [0.4, 0.5) is 13.2 Å². The van der Waals surface area contributed by atoms with E-state index in [0.29, 0.717) is 15.6 Å². The lowest BCUT2D eigenvalue weighted by Gasteiger charge is -2.24. The number of thiophene rings is 1. The van der Waals surface area contributed by atoms with Crippen LogP contribution < -0.4 is 5.09 Å². The third-order valence-electron chi connectivity index (χ3n) is 3.71. The van der Waals surface area contributed by atoms with Gasteiger partial charge in [-0.3, -0.25) is 9.36 Å². The maximum Gasteiger partial charge on any atom is 0.412 e. The molecule has 1 heterocycles. The van der Waals surface area contributed by atoms with E-state index in [2.05, 4.69) is 5.09 Å². The minimum atomic E-state index is -4.72. The maximum atomic E-state index is 13.1. The summed E-state index contributed by atoms with van der Waals surface area (Å²) < 4.78 is 61.5. The third kappa shape index (κ3) is 7.09. The highest BCUT2D eigenvalue weighted by Gasteiger charge is 2.36. The Labute approximate surface area is 174 Å². The van der Waals surface area contributed by atoms with Gasteiger partial charge < -0.3 is 14.4 Å². The van der Waals surface area contributed by atoms with Crippen LogP contribution >= 0.6 is 18.9 Å². The molecule has 0 radical (unpaired) electrons. The molecule has 30 heavy (non-hydrogen) atoms. The number of rotatable bonds is 9. The van der Waals surface area contributed by atoms with Crippen molar-refractivity contribution >= 4 is 40.9 Å². The number of hydrogen-bond acceptors (Lipinski definition) is 6. The SMILES string of the molecule is CC(C)OC(=O)[C@H](C)NP(=O)(Cc1ccc2sc(C(=O)O)cc2c1)OCC(F)(F)F. The predicted molar refractivity (Wildman–Crippen MR) is 106 cm³/mol. The second-order valence-corrected chi connectivity index (χ2v) is 10.1. The average Bonchev–Trinajstić information content (AvgIpc) is 3.02. The molecule has 0 spiro atoms. The minimum absolute atomic E-state index is 0.0989. The van der Waals surface area contributed by atoms with Crippen molar-refractivity contribution in [2.45, 2.75) is 45.3 Å². The number of ether oxygens (including phenoxy) is 1. The molecule has 0 aliphatic heterocycles. The van der Waals surface area contributed by atoms with Crippen LogP contribution in [-0.4, -0.2) is 42.0 Å². The molecular weight excluding hydrogens is 446 g/mol. The predicted octanol–water partition coefficient (Wildman–Crippen LogP) is 4.80. The minimum Gasteiger partial charge on any atom is -0.477 e. The van der Waals surface area contributed by atoms with Crippen LogP contribution in [0, 0.1) is 0 Å². The topological polar surface area (TPSA) is 102 Å². The molecule has 0 saturated heterocycles. The van der Waals surface area contributed by atoms with Crippen LogP contribution in [0.15, 0.2) is 24.3 Å². The van der Waals surface area contributed by atoms with Crippen molar-refractivity contribution in [1.82, 2.24) is 5.09 Å². The molecule has 0 amide bonds. The van der Waals surface area contributed by atoms with Crippen LogP contribution in [0.2, 0.25) is 0 Å². The number of benzene rings is 1. The van der Waals surface area contributed by atoms with Crippen LogP contribution in [0.1, 0.15) is 36.0 Å². The summed E-state index contributed by atoms with van der Waals surface area (Å²) in [4.78, 5) is 23.2. The van der Waals surface area contributed by atoms with E-state index in [9.17, 15) is 27.3 Å². The van der Waals surface area contributed by atoms with E-state index >= 15 is 0 Å². The van der Waals surface area contributed by atoms with Gasteiger partial charge in [-0.2, -0.15) is 13.2 Å². The van der Waals surface area contributed by atoms with Gasteiger partial charge in [0, 0.05) is 4.70 Å². The van der Waals surface area contributed by atoms with Crippen molar-refractivity contribution in [2.75, 3.05) is 6.61 Å². The van der Waals surface area contributed by atoms with E-state index in [-0.39, 0.29) is 4.88 Å². The van der Waals surface area contributed by atoms with Gasteiger partial charge in [0.1, 0.15) is 10.9 Å². The number of fused-ring (bicyclic) bond motifs is 1. The molecule has 1 unspecified atom stereocenters. The summed E-state index contributed by atoms with van der Waals surface area (Å²) in [7, 11) is -4.17. The lowest BCUT2D eigenvalue weighted by Crippen LogP contribution is -2.36.